The zero-order valence-electron chi connectivity index (χ0n) is 9.74. The molecule has 0 atom stereocenters. The molecule has 0 fully saturated rings. The van der Waals surface area contributed by atoms with Gasteiger partial charge in [0.25, 0.3) is 5.56 Å². The normalized spacial score (nSPS) is 10.3. The highest BCUT2D eigenvalue weighted by Crippen LogP contribution is 2.26. The SMILES string of the molecule is CCc1nc(Oc2cc(F)ccc2N)cc(=O)[nH]1. The highest BCUT2D eigenvalue weighted by Gasteiger charge is 2.07. The Kier molecular flexibility index (Phi) is 3.27. The maximum atomic E-state index is 13.1. The van der Waals surface area contributed by atoms with E-state index in [1.54, 1.807) is 0 Å². The van der Waals surface area contributed by atoms with Crippen LogP contribution in [0.4, 0.5) is 10.1 Å². The fourth-order valence-electron chi connectivity index (χ4n) is 1.41. The number of anilines is 1. The Morgan fingerprint density at radius 1 is 1.44 bits per heavy atom. The Labute approximate surface area is 102 Å². The van der Waals surface area contributed by atoms with Crippen molar-refractivity contribution in [2.45, 2.75) is 13.3 Å². The van der Waals surface area contributed by atoms with Gasteiger partial charge in [-0.25, -0.2) is 4.39 Å². The van der Waals surface area contributed by atoms with Crippen molar-refractivity contribution < 1.29 is 9.13 Å². The highest BCUT2D eigenvalue weighted by atomic mass is 19.1. The molecule has 0 unspecified atom stereocenters. The Hall–Kier alpha value is -2.37. The molecular weight excluding hydrogens is 237 g/mol. The number of nitrogens with one attached hydrogen (secondary N) is 1. The number of H-pyrrole nitrogens is 1. The predicted molar refractivity (Wildman–Crippen MR) is 65.1 cm³/mol. The highest BCUT2D eigenvalue weighted by molar-refractivity contribution is 5.53. The lowest BCUT2D eigenvalue weighted by Gasteiger charge is -2.08. The van der Waals surface area contributed by atoms with E-state index in [1.807, 2.05) is 6.92 Å². The molecule has 0 spiro atoms. The monoisotopic (exact) mass is 249 g/mol. The molecule has 2 rings (SSSR count). The second-order valence-corrected chi connectivity index (χ2v) is 3.67. The van der Waals surface area contributed by atoms with Gasteiger partial charge < -0.3 is 15.5 Å². The summed E-state index contributed by atoms with van der Waals surface area (Å²) in [5.41, 5.74) is 5.59. The smallest absolute Gasteiger partial charge is 0.254 e. The van der Waals surface area contributed by atoms with Crippen LogP contribution in [0, 0.1) is 5.82 Å². The predicted octanol–water partition coefficient (Wildman–Crippen LogP) is 1.85. The minimum atomic E-state index is -0.472. The largest absolute Gasteiger partial charge is 0.436 e. The van der Waals surface area contributed by atoms with Gasteiger partial charge in [-0.15, -0.1) is 0 Å². The molecule has 2 aromatic rings. The van der Waals surface area contributed by atoms with Crippen LogP contribution in [0.2, 0.25) is 0 Å². The summed E-state index contributed by atoms with van der Waals surface area (Å²) in [6.07, 6.45) is 0.561. The van der Waals surface area contributed by atoms with Gasteiger partial charge in [0, 0.05) is 12.5 Å². The quantitative estimate of drug-likeness (QED) is 0.813. The van der Waals surface area contributed by atoms with Crippen LogP contribution in [-0.4, -0.2) is 9.97 Å². The number of aromatic nitrogens is 2. The van der Waals surface area contributed by atoms with Crippen molar-refractivity contribution in [1.29, 1.82) is 0 Å². The van der Waals surface area contributed by atoms with E-state index in [4.69, 9.17) is 10.5 Å². The van der Waals surface area contributed by atoms with E-state index >= 15 is 0 Å². The number of nitrogen functional groups attached to an aromatic ring is 1. The lowest BCUT2D eigenvalue weighted by atomic mass is 10.3. The summed E-state index contributed by atoms with van der Waals surface area (Å²) in [5, 5.41) is 0. The summed E-state index contributed by atoms with van der Waals surface area (Å²) in [4.78, 5) is 18.0. The number of halogens is 1. The van der Waals surface area contributed by atoms with Crippen LogP contribution < -0.4 is 16.0 Å². The van der Waals surface area contributed by atoms with Gasteiger partial charge in [0.1, 0.15) is 11.6 Å². The first-order valence-corrected chi connectivity index (χ1v) is 5.41. The molecule has 1 heterocycles. The number of ether oxygens (including phenoxy) is 1. The first-order chi connectivity index (χ1) is 8.58. The van der Waals surface area contributed by atoms with E-state index in [-0.39, 0.29) is 22.9 Å². The Balaban J connectivity index is 2.36. The molecule has 1 aromatic heterocycles. The topological polar surface area (TPSA) is 81.0 Å². The van der Waals surface area contributed by atoms with Crippen molar-refractivity contribution in [3.63, 3.8) is 0 Å². The van der Waals surface area contributed by atoms with E-state index < -0.39 is 5.82 Å². The Bertz CT molecular complexity index is 625. The summed E-state index contributed by atoms with van der Waals surface area (Å²) in [6, 6.07) is 4.94. The summed E-state index contributed by atoms with van der Waals surface area (Å²) in [7, 11) is 0. The Morgan fingerprint density at radius 2 is 2.22 bits per heavy atom. The van der Waals surface area contributed by atoms with Gasteiger partial charge >= 0.3 is 0 Å². The molecule has 0 saturated carbocycles. The summed E-state index contributed by atoms with van der Waals surface area (Å²) in [6.45, 7) is 1.85. The third-order valence-corrected chi connectivity index (χ3v) is 2.29. The third kappa shape index (κ3) is 2.65. The first kappa shape index (κ1) is 12.1. The molecule has 0 aliphatic carbocycles. The van der Waals surface area contributed by atoms with Crippen LogP contribution in [0.25, 0.3) is 0 Å². The van der Waals surface area contributed by atoms with Gasteiger partial charge in [-0.2, -0.15) is 4.98 Å². The van der Waals surface area contributed by atoms with E-state index in [2.05, 4.69) is 9.97 Å². The number of nitrogens with zero attached hydrogens (tertiary/aromatic N) is 1. The van der Waals surface area contributed by atoms with Crippen molar-refractivity contribution in [1.82, 2.24) is 9.97 Å². The number of rotatable bonds is 3. The maximum Gasteiger partial charge on any atom is 0.254 e. The van der Waals surface area contributed by atoms with E-state index in [9.17, 15) is 9.18 Å². The number of hydrogen-bond donors (Lipinski definition) is 2. The second kappa shape index (κ2) is 4.87. The molecule has 0 aliphatic heterocycles. The molecule has 6 heteroatoms. The number of aryl methyl sites for hydroxylation is 1. The van der Waals surface area contributed by atoms with Gasteiger partial charge in [-0.3, -0.25) is 4.79 Å². The number of hydrogen-bond acceptors (Lipinski definition) is 4. The lowest BCUT2D eigenvalue weighted by molar-refractivity contribution is 0.455. The van der Waals surface area contributed by atoms with Crippen LogP contribution in [0.15, 0.2) is 29.1 Å². The standard InChI is InChI=1S/C12H12FN3O2/c1-2-10-15-11(17)6-12(16-10)18-9-5-7(13)3-4-8(9)14/h3-6H,2,14H2,1H3,(H,15,16,17). The van der Waals surface area contributed by atoms with Crippen LogP contribution in [0.3, 0.4) is 0 Å². The minimum Gasteiger partial charge on any atom is -0.436 e. The lowest BCUT2D eigenvalue weighted by Crippen LogP contribution is -2.10. The summed E-state index contributed by atoms with van der Waals surface area (Å²) < 4.78 is 18.4. The van der Waals surface area contributed by atoms with Gasteiger partial charge in [-0.05, 0) is 12.1 Å². The van der Waals surface area contributed by atoms with Crippen molar-refractivity contribution >= 4 is 5.69 Å². The third-order valence-electron chi connectivity index (χ3n) is 2.29. The Morgan fingerprint density at radius 3 is 2.94 bits per heavy atom. The van der Waals surface area contributed by atoms with Gasteiger partial charge in [0.2, 0.25) is 5.88 Å². The van der Waals surface area contributed by atoms with Crippen molar-refractivity contribution in [3.8, 4) is 11.6 Å². The molecule has 1 aromatic carbocycles. The molecule has 0 saturated heterocycles. The zero-order chi connectivity index (χ0) is 13.1. The molecule has 0 bridgehead atoms. The zero-order valence-corrected chi connectivity index (χ0v) is 9.74. The molecule has 18 heavy (non-hydrogen) atoms. The van der Waals surface area contributed by atoms with E-state index in [0.717, 1.165) is 6.07 Å². The van der Waals surface area contributed by atoms with Crippen molar-refractivity contribution in [2.24, 2.45) is 0 Å². The summed E-state index contributed by atoms with van der Waals surface area (Å²) >= 11 is 0. The van der Waals surface area contributed by atoms with Crippen LogP contribution >= 0.6 is 0 Å². The first-order valence-electron chi connectivity index (χ1n) is 5.41. The second-order valence-electron chi connectivity index (χ2n) is 3.67. The number of nitrogens with two attached hydrogens (primary N) is 1. The molecule has 0 radical (unpaired) electrons. The van der Waals surface area contributed by atoms with Crippen LogP contribution in [0.1, 0.15) is 12.7 Å². The minimum absolute atomic E-state index is 0.0906. The van der Waals surface area contributed by atoms with E-state index in [1.165, 1.54) is 18.2 Å². The number of aromatic amines is 1. The van der Waals surface area contributed by atoms with Crippen molar-refractivity contribution in [2.75, 3.05) is 5.73 Å². The maximum absolute atomic E-state index is 13.1. The summed E-state index contributed by atoms with van der Waals surface area (Å²) in [5.74, 6) is 0.246. The fourth-order valence-corrected chi connectivity index (χ4v) is 1.41. The molecule has 5 nitrogen and oxygen atoms in total. The molecule has 0 aliphatic rings. The molecule has 3 N–H and O–H groups in total. The van der Waals surface area contributed by atoms with Gasteiger partial charge in [-0.1, -0.05) is 6.92 Å². The molecular formula is C12H12FN3O2. The molecule has 0 amide bonds. The number of benzene rings is 1. The van der Waals surface area contributed by atoms with Gasteiger partial charge in [0.05, 0.1) is 11.8 Å². The average Bonchev–Trinajstić information content (AvgIpc) is 2.33. The van der Waals surface area contributed by atoms with Crippen LogP contribution in [0.5, 0.6) is 11.6 Å². The average molecular weight is 249 g/mol. The van der Waals surface area contributed by atoms with Crippen LogP contribution in [-0.2, 0) is 6.42 Å². The van der Waals surface area contributed by atoms with E-state index in [0.29, 0.717) is 12.2 Å². The molecule has 94 valence electrons. The van der Waals surface area contributed by atoms with Crippen molar-refractivity contribution in [3.05, 3.63) is 46.3 Å². The van der Waals surface area contributed by atoms with Gasteiger partial charge in [0.15, 0.2) is 5.75 Å². The fraction of sp³-hybridized carbons (Fsp3) is 0.167.